The van der Waals surface area contributed by atoms with Crippen LogP contribution in [0.25, 0.3) is 32.2 Å². The van der Waals surface area contributed by atoms with Crippen molar-refractivity contribution >= 4 is 55.6 Å². The molecule has 5 nitrogen and oxygen atoms in total. The van der Waals surface area contributed by atoms with Crippen LogP contribution in [-0.4, -0.2) is 39.9 Å². The van der Waals surface area contributed by atoms with Crippen LogP contribution in [0.4, 0.5) is 4.39 Å². The zero-order chi connectivity index (χ0) is 24.2. The largest absolute Gasteiger partial charge is 0.344 e. The van der Waals surface area contributed by atoms with E-state index < -0.39 is 11.6 Å². The summed E-state index contributed by atoms with van der Waals surface area (Å²) in [5, 5.41) is 4.82. The topological polar surface area (TPSA) is 64.0 Å². The van der Waals surface area contributed by atoms with E-state index in [0.717, 1.165) is 37.1 Å². The lowest BCUT2D eigenvalue weighted by atomic mass is 9.94. The first-order chi connectivity index (χ1) is 16.9. The lowest BCUT2D eigenvalue weighted by Gasteiger charge is -2.31. The molecule has 1 aliphatic carbocycles. The molecule has 0 spiro atoms. The van der Waals surface area contributed by atoms with Gasteiger partial charge in [-0.3, -0.25) is 14.6 Å². The predicted molar refractivity (Wildman–Crippen MR) is 138 cm³/mol. The van der Waals surface area contributed by atoms with Crippen molar-refractivity contribution in [3.8, 4) is 11.1 Å². The molecule has 1 saturated carbocycles. The summed E-state index contributed by atoms with van der Waals surface area (Å²) in [5.74, 6) is -0.464. The fraction of sp³-hybridized carbons (Fsp3) is 0.370. The molecule has 1 aromatic carbocycles. The molecule has 2 fully saturated rings. The highest BCUT2D eigenvalue weighted by Gasteiger charge is 2.34. The molecule has 6 rings (SSSR count). The number of fused-ring (bicyclic) bond motifs is 2. The summed E-state index contributed by atoms with van der Waals surface area (Å²) in [6, 6.07) is 9.79. The number of nitrogens with zero attached hydrogens (tertiary/aromatic N) is 2. The van der Waals surface area contributed by atoms with E-state index in [1.165, 1.54) is 0 Å². The molecule has 4 heterocycles. The maximum Gasteiger partial charge on any atom is 0.144 e. The summed E-state index contributed by atoms with van der Waals surface area (Å²) in [5.41, 5.74) is 2.43. The van der Waals surface area contributed by atoms with E-state index in [9.17, 15) is 9.59 Å². The number of carbonyl (C=O) groups is 2. The molecule has 35 heavy (non-hydrogen) atoms. The molecule has 0 unspecified atom stereocenters. The zero-order valence-electron chi connectivity index (χ0n) is 19.2. The van der Waals surface area contributed by atoms with Gasteiger partial charge < -0.3 is 9.88 Å². The van der Waals surface area contributed by atoms with Crippen LogP contribution >= 0.6 is 22.9 Å². The number of hydrogen-bond donors (Lipinski definition) is 1. The third-order valence-electron chi connectivity index (χ3n) is 7.33. The number of halogens is 2. The summed E-state index contributed by atoms with van der Waals surface area (Å²) in [7, 11) is 0. The van der Waals surface area contributed by atoms with E-state index in [1.807, 2.05) is 41.1 Å². The number of hydrogen-bond acceptors (Lipinski definition) is 5. The Bertz CT molecular complexity index is 1450. The molecule has 2 aliphatic rings. The highest BCUT2D eigenvalue weighted by atomic mass is 35.5. The van der Waals surface area contributed by atoms with Gasteiger partial charge in [0.25, 0.3) is 0 Å². The molecule has 180 valence electrons. The first kappa shape index (κ1) is 22.8. The molecule has 4 aromatic rings. The smallest absolute Gasteiger partial charge is 0.144 e. The van der Waals surface area contributed by atoms with Crippen LogP contribution in [-0.2, 0) is 22.6 Å². The number of rotatable bonds is 5. The summed E-state index contributed by atoms with van der Waals surface area (Å²) in [6.45, 7) is 1.66. The Morgan fingerprint density at radius 3 is 2.66 bits per heavy atom. The third kappa shape index (κ3) is 4.20. The second kappa shape index (κ2) is 8.80. The number of carbonyl (C=O) groups excluding carboxylic acids is 2. The van der Waals surface area contributed by atoms with Crippen LogP contribution in [0, 0.1) is 5.92 Å². The van der Waals surface area contributed by atoms with Crippen LogP contribution < -0.4 is 5.32 Å². The highest BCUT2D eigenvalue weighted by Crippen LogP contribution is 2.41. The molecule has 1 N–H and O–H groups in total. The number of nitrogens with one attached hydrogen (secondary N) is 1. The van der Waals surface area contributed by atoms with Gasteiger partial charge in [-0.1, -0.05) is 11.6 Å². The Morgan fingerprint density at radius 1 is 1.11 bits per heavy atom. The molecule has 1 saturated heterocycles. The Balaban J connectivity index is 1.45. The van der Waals surface area contributed by atoms with Gasteiger partial charge in [-0.25, -0.2) is 4.39 Å². The van der Waals surface area contributed by atoms with Gasteiger partial charge in [-0.05, 0) is 62.7 Å². The lowest BCUT2D eigenvalue weighted by Crippen LogP contribution is -2.41. The number of aromatic nitrogens is 2. The molecular formula is C27H25ClFN3O2S. The average molecular weight is 510 g/mol. The number of Topliss-reactive ketones (excluding diaryl/α,β-unsaturated/α-hetero) is 2. The lowest BCUT2D eigenvalue weighted by molar-refractivity contribution is -0.127. The van der Waals surface area contributed by atoms with Gasteiger partial charge in [-0.2, -0.15) is 0 Å². The SMILES string of the molecule is O=C1CCC(=O)C1Cc1cc2nccc(-c3cc(Cl)cc4ccn(CC5(F)CCNCC5)c34)c2s1. The van der Waals surface area contributed by atoms with Crippen LogP contribution in [0.5, 0.6) is 0 Å². The minimum Gasteiger partial charge on any atom is -0.344 e. The van der Waals surface area contributed by atoms with E-state index in [1.54, 1.807) is 17.5 Å². The molecule has 1 aliphatic heterocycles. The first-order valence-electron chi connectivity index (χ1n) is 12.0. The zero-order valence-corrected chi connectivity index (χ0v) is 20.7. The van der Waals surface area contributed by atoms with Crippen molar-refractivity contribution in [2.45, 2.75) is 44.3 Å². The minimum atomic E-state index is -1.25. The quantitative estimate of drug-likeness (QED) is 0.348. The van der Waals surface area contributed by atoms with Gasteiger partial charge in [0, 0.05) is 51.6 Å². The summed E-state index contributed by atoms with van der Waals surface area (Å²) in [4.78, 5) is 29.9. The second-order valence-corrected chi connectivity index (χ2v) is 11.3. The maximum absolute atomic E-state index is 15.6. The van der Waals surface area contributed by atoms with Gasteiger partial charge in [0.2, 0.25) is 0 Å². The standard InChI is InChI=1S/C27H25ClFN3O2S/c28-17-11-16-4-10-32(15-27(29)5-8-30-9-6-27)25(16)20(12-17)19-3-7-31-22-14-18(35-26(19)22)13-21-23(33)1-2-24(21)34/h3-4,7,10-12,14,21,30H,1-2,5-6,8-9,13,15H2. The number of thiophene rings is 1. The van der Waals surface area contributed by atoms with Crippen molar-refractivity contribution in [2.75, 3.05) is 13.1 Å². The van der Waals surface area contributed by atoms with Crippen molar-refractivity contribution < 1.29 is 14.0 Å². The van der Waals surface area contributed by atoms with E-state index in [4.69, 9.17) is 11.6 Å². The van der Waals surface area contributed by atoms with Gasteiger partial charge in [0.05, 0.1) is 28.2 Å². The average Bonchev–Trinajstić information content (AvgIpc) is 3.52. The van der Waals surface area contributed by atoms with E-state index in [-0.39, 0.29) is 11.6 Å². The van der Waals surface area contributed by atoms with Gasteiger partial charge in [0.1, 0.15) is 17.2 Å². The Labute approximate surface area is 211 Å². The summed E-state index contributed by atoms with van der Waals surface area (Å²) in [6.07, 6.45) is 5.82. The fourth-order valence-electron chi connectivity index (χ4n) is 5.49. The molecule has 0 bridgehead atoms. The van der Waals surface area contributed by atoms with Crippen molar-refractivity contribution in [2.24, 2.45) is 5.92 Å². The predicted octanol–water partition coefficient (Wildman–Crippen LogP) is 5.75. The summed E-state index contributed by atoms with van der Waals surface area (Å²) < 4.78 is 18.6. The highest BCUT2D eigenvalue weighted by molar-refractivity contribution is 7.19. The molecular weight excluding hydrogens is 485 g/mol. The van der Waals surface area contributed by atoms with Crippen LogP contribution in [0.2, 0.25) is 5.02 Å². The number of alkyl halides is 1. The fourth-order valence-corrected chi connectivity index (χ4v) is 6.91. The first-order valence-corrected chi connectivity index (χ1v) is 13.2. The van der Waals surface area contributed by atoms with E-state index >= 15 is 4.39 Å². The third-order valence-corrected chi connectivity index (χ3v) is 8.73. The van der Waals surface area contributed by atoms with Crippen molar-refractivity contribution in [1.29, 1.82) is 0 Å². The Kier molecular flexibility index (Phi) is 5.74. The molecule has 0 amide bonds. The van der Waals surface area contributed by atoms with Gasteiger partial charge >= 0.3 is 0 Å². The van der Waals surface area contributed by atoms with Crippen LogP contribution in [0.15, 0.2) is 42.7 Å². The Hall–Kier alpha value is -2.61. The normalized spacial score (nSPS) is 18.8. The molecule has 0 radical (unpaired) electrons. The van der Waals surface area contributed by atoms with E-state index in [2.05, 4.69) is 10.3 Å². The molecule has 8 heteroatoms. The number of pyridine rings is 1. The van der Waals surface area contributed by atoms with Crippen molar-refractivity contribution in [3.63, 3.8) is 0 Å². The van der Waals surface area contributed by atoms with Gasteiger partial charge in [-0.15, -0.1) is 11.3 Å². The summed E-state index contributed by atoms with van der Waals surface area (Å²) >= 11 is 8.09. The maximum atomic E-state index is 15.6. The minimum absolute atomic E-state index is 0.0353. The number of ketones is 2. The molecule has 0 atom stereocenters. The van der Waals surface area contributed by atoms with Gasteiger partial charge in [0.15, 0.2) is 0 Å². The second-order valence-electron chi connectivity index (χ2n) is 9.71. The van der Waals surface area contributed by atoms with Crippen molar-refractivity contribution in [3.05, 3.63) is 52.6 Å². The van der Waals surface area contributed by atoms with Crippen LogP contribution in [0.1, 0.15) is 30.6 Å². The number of benzene rings is 1. The number of piperidine rings is 1. The monoisotopic (exact) mass is 509 g/mol. The van der Waals surface area contributed by atoms with Crippen molar-refractivity contribution in [1.82, 2.24) is 14.9 Å². The molecule has 3 aromatic heterocycles. The Morgan fingerprint density at radius 2 is 1.89 bits per heavy atom. The van der Waals surface area contributed by atoms with E-state index in [0.29, 0.717) is 56.8 Å². The van der Waals surface area contributed by atoms with Crippen LogP contribution in [0.3, 0.4) is 0 Å².